The molecule has 0 saturated carbocycles. The van der Waals surface area contributed by atoms with E-state index in [4.69, 9.17) is 0 Å². The van der Waals surface area contributed by atoms with Gasteiger partial charge in [0.1, 0.15) is 0 Å². The summed E-state index contributed by atoms with van der Waals surface area (Å²) < 4.78 is 0. The monoisotopic (exact) mass is 429 g/mol. The Bertz CT molecular complexity index is 1260. The maximum atomic E-state index is 2.32. The maximum absolute atomic E-state index is 2.32. The van der Waals surface area contributed by atoms with Crippen molar-refractivity contribution in [2.24, 2.45) is 0 Å². The van der Waals surface area contributed by atoms with Crippen LogP contribution in [0.15, 0.2) is 97.1 Å². The summed E-state index contributed by atoms with van der Waals surface area (Å²) >= 11 is 0. The second-order valence-corrected chi connectivity index (χ2v) is 8.53. The first-order valence-corrected chi connectivity index (χ1v) is 11.5. The summed E-state index contributed by atoms with van der Waals surface area (Å²) in [5.41, 5.74) is 10.9. The number of anilines is 3. The SMILES string of the molecule is CC=Cc1ccc(C=Cc2ccc(N(c3ccc(C)cc3)c3ccc(C)c(C)c3)cc2)cc1. The molecule has 0 aliphatic rings. The van der Waals surface area contributed by atoms with Crippen LogP contribution in [0.1, 0.15) is 40.3 Å². The van der Waals surface area contributed by atoms with Crippen LogP contribution in [0.3, 0.4) is 0 Å². The van der Waals surface area contributed by atoms with Crippen molar-refractivity contribution >= 4 is 35.3 Å². The van der Waals surface area contributed by atoms with Crippen LogP contribution >= 0.6 is 0 Å². The third-order valence-electron chi connectivity index (χ3n) is 5.96. The van der Waals surface area contributed by atoms with Gasteiger partial charge in [0.05, 0.1) is 0 Å². The third kappa shape index (κ3) is 5.51. The Kier molecular flexibility index (Phi) is 6.90. The molecule has 0 atom stereocenters. The number of nitrogens with zero attached hydrogens (tertiary/aromatic N) is 1. The van der Waals surface area contributed by atoms with Gasteiger partial charge >= 0.3 is 0 Å². The number of hydrogen-bond donors (Lipinski definition) is 0. The average Bonchev–Trinajstić information content (AvgIpc) is 2.83. The van der Waals surface area contributed by atoms with E-state index in [0.717, 1.165) is 11.4 Å². The van der Waals surface area contributed by atoms with Crippen LogP contribution in [-0.2, 0) is 0 Å². The lowest BCUT2D eigenvalue weighted by Crippen LogP contribution is -2.10. The van der Waals surface area contributed by atoms with Gasteiger partial charge in [-0.1, -0.05) is 84.5 Å². The van der Waals surface area contributed by atoms with Gasteiger partial charge in [0, 0.05) is 17.1 Å². The molecular formula is C32H31N. The summed E-state index contributed by atoms with van der Waals surface area (Å²) in [6.07, 6.45) is 8.50. The molecule has 0 N–H and O–H groups in total. The van der Waals surface area contributed by atoms with Gasteiger partial charge in [0.2, 0.25) is 0 Å². The van der Waals surface area contributed by atoms with Crippen molar-refractivity contribution in [3.05, 3.63) is 130 Å². The highest BCUT2D eigenvalue weighted by molar-refractivity contribution is 5.78. The Morgan fingerprint density at radius 2 is 0.939 bits per heavy atom. The van der Waals surface area contributed by atoms with E-state index in [1.54, 1.807) is 0 Å². The van der Waals surface area contributed by atoms with E-state index >= 15 is 0 Å². The summed E-state index contributed by atoms with van der Waals surface area (Å²) in [4.78, 5) is 2.32. The highest BCUT2D eigenvalue weighted by atomic mass is 15.1. The second-order valence-electron chi connectivity index (χ2n) is 8.53. The fourth-order valence-electron chi connectivity index (χ4n) is 3.84. The zero-order valence-corrected chi connectivity index (χ0v) is 19.9. The highest BCUT2D eigenvalue weighted by Crippen LogP contribution is 2.35. The van der Waals surface area contributed by atoms with E-state index in [0.29, 0.717) is 0 Å². The molecule has 0 amide bonds. The summed E-state index contributed by atoms with van der Waals surface area (Å²) in [6.45, 7) is 8.49. The smallest absolute Gasteiger partial charge is 0.0464 e. The van der Waals surface area contributed by atoms with Gasteiger partial charge in [-0.15, -0.1) is 0 Å². The second kappa shape index (κ2) is 10.2. The topological polar surface area (TPSA) is 3.24 Å². The van der Waals surface area contributed by atoms with E-state index in [1.165, 1.54) is 39.1 Å². The van der Waals surface area contributed by atoms with Gasteiger partial charge in [-0.2, -0.15) is 0 Å². The van der Waals surface area contributed by atoms with Crippen molar-refractivity contribution < 1.29 is 0 Å². The lowest BCUT2D eigenvalue weighted by Gasteiger charge is -2.26. The predicted molar refractivity (Wildman–Crippen MR) is 145 cm³/mol. The lowest BCUT2D eigenvalue weighted by atomic mass is 10.1. The average molecular weight is 430 g/mol. The van der Waals surface area contributed by atoms with Gasteiger partial charge in [-0.3, -0.25) is 0 Å². The van der Waals surface area contributed by atoms with Gasteiger partial charge in [-0.25, -0.2) is 0 Å². The van der Waals surface area contributed by atoms with Crippen LogP contribution in [-0.4, -0.2) is 0 Å². The first-order chi connectivity index (χ1) is 16.0. The van der Waals surface area contributed by atoms with Crippen molar-refractivity contribution in [3.63, 3.8) is 0 Å². The first-order valence-electron chi connectivity index (χ1n) is 11.5. The fourth-order valence-corrected chi connectivity index (χ4v) is 3.84. The first kappa shape index (κ1) is 22.4. The number of aryl methyl sites for hydroxylation is 3. The van der Waals surface area contributed by atoms with Crippen LogP contribution in [0.5, 0.6) is 0 Å². The normalized spacial score (nSPS) is 11.4. The molecular weight excluding hydrogens is 398 g/mol. The van der Waals surface area contributed by atoms with Gasteiger partial charge < -0.3 is 4.90 Å². The number of benzene rings is 4. The largest absolute Gasteiger partial charge is 0.310 e. The molecule has 0 saturated heterocycles. The van der Waals surface area contributed by atoms with Crippen molar-refractivity contribution in [3.8, 4) is 0 Å². The molecule has 0 spiro atoms. The van der Waals surface area contributed by atoms with Gasteiger partial charge in [-0.05, 0) is 91.9 Å². The fraction of sp³-hybridized carbons (Fsp3) is 0.125. The molecule has 0 aromatic heterocycles. The molecule has 33 heavy (non-hydrogen) atoms. The molecule has 0 bridgehead atoms. The molecule has 0 unspecified atom stereocenters. The molecule has 1 nitrogen and oxygen atoms in total. The molecule has 164 valence electrons. The van der Waals surface area contributed by atoms with Crippen molar-refractivity contribution in [2.75, 3.05) is 4.90 Å². The summed E-state index contributed by atoms with van der Waals surface area (Å²) in [7, 11) is 0. The van der Waals surface area contributed by atoms with Crippen LogP contribution in [0, 0.1) is 20.8 Å². The van der Waals surface area contributed by atoms with Crippen LogP contribution < -0.4 is 4.90 Å². The zero-order chi connectivity index (χ0) is 23.2. The lowest BCUT2D eigenvalue weighted by molar-refractivity contribution is 1.24. The van der Waals surface area contributed by atoms with E-state index in [-0.39, 0.29) is 0 Å². The van der Waals surface area contributed by atoms with Crippen molar-refractivity contribution in [1.29, 1.82) is 0 Å². The zero-order valence-electron chi connectivity index (χ0n) is 19.9. The van der Waals surface area contributed by atoms with Crippen LogP contribution in [0.25, 0.3) is 18.2 Å². The van der Waals surface area contributed by atoms with E-state index < -0.39 is 0 Å². The standard InChI is InChI=1S/C32H31N/c1-5-6-27-10-12-28(13-11-27)14-15-29-16-21-31(22-17-29)33(30-18-7-24(2)8-19-30)32-20-9-25(3)26(4)23-32/h5-23H,1-4H3. The number of hydrogen-bond acceptors (Lipinski definition) is 1. The third-order valence-corrected chi connectivity index (χ3v) is 5.96. The molecule has 0 radical (unpaired) electrons. The minimum absolute atomic E-state index is 1.15. The van der Waals surface area contributed by atoms with Gasteiger partial charge in [0.25, 0.3) is 0 Å². The Morgan fingerprint density at radius 3 is 1.45 bits per heavy atom. The molecule has 0 aliphatic heterocycles. The highest BCUT2D eigenvalue weighted by Gasteiger charge is 2.13. The minimum Gasteiger partial charge on any atom is -0.310 e. The molecule has 0 aliphatic carbocycles. The summed E-state index contributed by atoms with van der Waals surface area (Å²) in [5, 5.41) is 0. The summed E-state index contributed by atoms with van der Waals surface area (Å²) in [6, 6.07) is 32.7. The Hall–Kier alpha value is -3.84. The quantitative estimate of drug-likeness (QED) is 0.276. The molecule has 0 heterocycles. The Morgan fingerprint density at radius 1 is 0.485 bits per heavy atom. The molecule has 0 fully saturated rings. The van der Waals surface area contributed by atoms with Crippen LogP contribution in [0.4, 0.5) is 17.1 Å². The molecule has 4 aromatic rings. The number of rotatable bonds is 6. The molecule has 4 aromatic carbocycles. The van der Waals surface area contributed by atoms with Crippen LogP contribution in [0.2, 0.25) is 0 Å². The van der Waals surface area contributed by atoms with Gasteiger partial charge in [0.15, 0.2) is 0 Å². The van der Waals surface area contributed by atoms with E-state index in [9.17, 15) is 0 Å². The Labute approximate surface area is 198 Å². The molecule has 4 rings (SSSR count). The van der Waals surface area contributed by atoms with Crippen molar-refractivity contribution in [2.45, 2.75) is 27.7 Å². The Balaban J connectivity index is 1.62. The summed E-state index contributed by atoms with van der Waals surface area (Å²) in [5.74, 6) is 0. The predicted octanol–water partition coefficient (Wildman–Crippen LogP) is 9.29. The van der Waals surface area contributed by atoms with E-state index in [2.05, 4.69) is 141 Å². The minimum atomic E-state index is 1.15. The van der Waals surface area contributed by atoms with Crippen molar-refractivity contribution in [1.82, 2.24) is 0 Å². The number of allylic oxidation sites excluding steroid dienone is 1. The maximum Gasteiger partial charge on any atom is 0.0464 e. The molecule has 1 heteroatoms. The van der Waals surface area contributed by atoms with E-state index in [1.807, 2.05) is 6.92 Å².